The van der Waals surface area contributed by atoms with Crippen LogP contribution in [0.4, 0.5) is 5.13 Å². The Morgan fingerprint density at radius 2 is 2.06 bits per heavy atom. The standard InChI is InChI=1S/C23H19N3O4S/c1-2-28-18-6-3-7-20-21(18)25-23(31-20)26(13-15-5-4-10-24-12-15)22(27)16-8-9-17-19(11-16)30-14-29-17/h3-12H,2,13-14H2,1H3. The number of fused-ring (bicyclic) bond motifs is 2. The summed E-state index contributed by atoms with van der Waals surface area (Å²) >= 11 is 1.45. The van der Waals surface area contributed by atoms with Crippen LogP contribution in [0.2, 0.25) is 0 Å². The van der Waals surface area contributed by atoms with Crippen molar-refractivity contribution < 1.29 is 19.0 Å². The molecule has 156 valence electrons. The molecule has 0 saturated heterocycles. The second kappa shape index (κ2) is 8.23. The molecule has 0 unspecified atom stereocenters. The first-order valence-electron chi connectivity index (χ1n) is 9.85. The predicted octanol–water partition coefficient (Wildman–Crippen LogP) is 4.67. The quantitative estimate of drug-likeness (QED) is 0.440. The number of amides is 1. The molecule has 31 heavy (non-hydrogen) atoms. The summed E-state index contributed by atoms with van der Waals surface area (Å²) in [5.74, 6) is 1.73. The van der Waals surface area contributed by atoms with Crippen LogP contribution in [-0.2, 0) is 6.54 Å². The van der Waals surface area contributed by atoms with Crippen molar-refractivity contribution >= 4 is 32.6 Å². The minimum Gasteiger partial charge on any atom is -0.492 e. The first-order chi connectivity index (χ1) is 15.2. The predicted molar refractivity (Wildman–Crippen MR) is 118 cm³/mol. The molecule has 4 aromatic rings. The van der Waals surface area contributed by atoms with Crippen LogP contribution < -0.4 is 19.1 Å². The molecule has 7 nitrogen and oxygen atoms in total. The lowest BCUT2D eigenvalue weighted by Gasteiger charge is -2.20. The van der Waals surface area contributed by atoms with Gasteiger partial charge in [-0.25, -0.2) is 4.98 Å². The van der Waals surface area contributed by atoms with Crippen LogP contribution in [0.15, 0.2) is 60.9 Å². The molecule has 2 aromatic carbocycles. The van der Waals surface area contributed by atoms with Gasteiger partial charge in [0.15, 0.2) is 16.6 Å². The van der Waals surface area contributed by atoms with Gasteiger partial charge >= 0.3 is 0 Å². The number of pyridine rings is 1. The van der Waals surface area contributed by atoms with Crippen molar-refractivity contribution in [3.8, 4) is 17.2 Å². The molecule has 3 heterocycles. The number of carbonyl (C=O) groups is 1. The van der Waals surface area contributed by atoms with E-state index in [1.807, 2.05) is 37.3 Å². The summed E-state index contributed by atoms with van der Waals surface area (Å²) in [7, 11) is 0. The summed E-state index contributed by atoms with van der Waals surface area (Å²) in [6.45, 7) is 2.97. The smallest absolute Gasteiger partial charge is 0.260 e. The lowest BCUT2D eigenvalue weighted by molar-refractivity contribution is 0.0984. The number of nitrogens with zero attached hydrogens (tertiary/aromatic N) is 3. The van der Waals surface area contributed by atoms with E-state index in [9.17, 15) is 4.79 Å². The van der Waals surface area contributed by atoms with Crippen molar-refractivity contribution in [1.82, 2.24) is 9.97 Å². The molecule has 0 saturated carbocycles. The molecule has 1 aliphatic rings. The fourth-order valence-electron chi connectivity index (χ4n) is 3.38. The van der Waals surface area contributed by atoms with Gasteiger partial charge < -0.3 is 14.2 Å². The molecule has 0 atom stereocenters. The third-order valence-electron chi connectivity index (χ3n) is 4.83. The van der Waals surface area contributed by atoms with Crippen molar-refractivity contribution in [2.75, 3.05) is 18.3 Å². The second-order valence-corrected chi connectivity index (χ2v) is 7.86. The number of para-hydroxylation sites is 1. The van der Waals surface area contributed by atoms with E-state index in [0.717, 1.165) is 15.8 Å². The van der Waals surface area contributed by atoms with E-state index < -0.39 is 0 Å². The Morgan fingerprint density at radius 1 is 1.16 bits per heavy atom. The van der Waals surface area contributed by atoms with Crippen molar-refractivity contribution in [3.63, 3.8) is 0 Å². The molecule has 0 bridgehead atoms. The molecule has 5 rings (SSSR count). The molecule has 1 amide bonds. The maximum atomic E-state index is 13.6. The van der Waals surface area contributed by atoms with Crippen molar-refractivity contribution in [1.29, 1.82) is 0 Å². The molecular weight excluding hydrogens is 414 g/mol. The van der Waals surface area contributed by atoms with Gasteiger partial charge in [0, 0.05) is 18.0 Å². The first-order valence-corrected chi connectivity index (χ1v) is 10.7. The van der Waals surface area contributed by atoms with Crippen LogP contribution in [0, 0.1) is 0 Å². The lowest BCUT2D eigenvalue weighted by atomic mass is 10.1. The summed E-state index contributed by atoms with van der Waals surface area (Å²) < 4.78 is 17.5. The number of ether oxygens (including phenoxy) is 3. The van der Waals surface area contributed by atoms with Gasteiger partial charge in [-0.1, -0.05) is 23.5 Å². The summed E-state index contributed by atoms with van der Waals surface area (Å²) in [5.41, 5.74) is 2.15. The fraction of sp³-hybridized carbons (Fsp3) is 0.174. The van der Waals surface area contributed by atoms with Crippen molar-refractivity contribution in [2.45, 2.75) is 13.5 Å². The first kappa shape index (κ1) is 19.3. The largest absolute Gasteiger partial charge is 0.492 e. The van der Waals surface area contributed by atoms with E-state index in [-0.39, 0.29) is 12.7 Å². The third kappa shape index (κ3) is 3.77. The number of thiazole rings is 1. The van der Waals surface area contributed by atoms with Crippen LogP contribution in [-0.4, -0.2) is 29.3 Å². The molecule has 0 N–H and O–H groups in total. The maximum absolute atomic E-state index is 13.6. The zero-order valence-electron chi connectivity index (χ0n) is 16.8. The average Bonchev–Trinajstić information content (AvgIpc) is 3.45. The number of benzene rings is 2. The maximum Gasteiger partial charge on any atom is 0.260 e. The molecule has 0 aliphatic carbocycles. The second-order valence-electron chi connectivity index (χ2n) is 6.85. The highest BCUT2D eigenvalue weighted by molar-refractivity contribution is 7.22. The van der Waals surface area contributed by atoms with Gasteiger partial charge in [0.05, 0.1) is 17.9 Å². The van der Waals surface area contributed by atoms with Gasteiger partial charge in [-0.05, 0) is 48.9 Å². The van der Waals surface area contributed by atoms with Gasteiger partial charge in [0.2, 0.25) is 6.79 Å². The molecular formula is C23H19N3O4S. The van der Waals surface area contributed by atoms with Gasteiger partial charge in [-0.2, -0.15) is 0 Å². The normalized spacial score (nSPS) is 12.2. The number of anilines is 1. The van der Waals surface area contributed by atoms with E-state index >= 15 is 0 Å². The highest BCUT2D eigenvalue weighted by Crippen LogP contribution is 2.37. The number of rotatable bonds is 6. The molecule has 0 spiro atoms. The Labute approximate surface area is 182 Å². The Hall–Kier alpha value is -3.65. The van der Waals surface area contributed by atoms with E-state index in [2.05, 4.69) is 4.98 Å². The zero-order valence-corrected chi connectivity index (χ0v) is 17.6. The Kier molecular flexibility index (Phi) is 5.13. The molecule has 0 radical (unpaired) electrons. The third-order valence-corrected chi connectivity index (χ3v) is 5.87. The van der Waals surface area contributed by atoms with E-state index in [1.165, 1.54) is 11.3 Å². The minimum absolute atomic E-state index is 0.157. The average molecular weight is 433 g/mol. The fourth-order valence-corrected chi connectivity index (χ4v) is 4.37. The molecule has 2 aromatic heterocycles. The monoisotopic (exact) mass is 433 g/mol. The van der Waals surface area contributed by atoms with E-state index in [0.29, 0.717) is 41.1 Å². The van der Waals surface area contributed by atoms with E-state index in [4.69, 9.17) is 19.2 Å². The van der Waals surface area contributed by atoms with Crippen LogP contribution in [0.1, 0.15) is 22.8 Å². The summed E-state index contributed by atoms with van der Waals surface area (Å²) in [5, 5.41) is 0.591. The number of carbonyl (C=O) groups excluding carboxylic acids is 1. The van der Waals surface area contributed by atoms with Gasteiger partial charge in [0.25, 0.3) is 5.91 Å². The topological polar surface area (TPSA) is 73.8 Å². The van der Waals surface area contributed by atoms with Gasteiger partial charge in [-0.3, -0.25) is 14.7 Å². The van der Waals surface area contributed by atoms with Crippen LogP contribution in [0.3, 0.4) is 0 Å². The van der Waals surface area contributed by atoms with Crippen LogP contribution in [0.25, 0.3) is 10.2 Å². The van der Waals surface area contributed by atoms with Gasteiger partial charge in [-0.15, -0.1) is 0 Å². The van der Waals surface area contributed by atoms with Gasteiger partial charge in [0.1, 0.15) is 11.3 Å². The highest BCUT2D eigenvalue weighted by atomic mass is 32.1. The highest BCUT2D eigenvalue weighted by Gasteiger charge is 2.25. The minimum atomic E-state index is -0.181. The Balaban J connectivity index is 1.56. The molecule has 8 heteroatoms. The van der Waals surface area contributed by atoms with Crippen molar-refractivity contribution in [2.24, 2.45) is 0 Å². The van der Waals surface area contributed by atoms with E-state index in [1.54, 1.807) is 35.5 Å². The Morgan fingerprint density at radius 3 is 2.90 bits per heavy atom. The molecule has 0 fully saturated rings. The van der Waals surface area contributed by atoms with Crippen molar-refractivity contribution in [3.05, 3.63) is 72.1 Å². The summed E-state index contributed by atoms with van der Waals surface area (Å²) in [6.07, 6.45) is 3.46. The van der Waals surface area contributed by atoms with Crippen LogP contribution >= 0.6 is 11.3 Å². The number of hydrogen-bond donors (Lipinski definition) is 0. The molecule has 1 aliphatic heterocycles. The SMILES string of the molecule is CCOc1cccc2sc(N(Cc3cccnc3)C(=O)c3ccc4c(c3)OCO4)nc12. The van der Waals surface area contributed by atoms with Crippen LogP contribution in [0.5, 0.6) is 17.2 Å². The summed E-state index contributed by atoms with van der Waals surface area (Å²) in [4.78, 5) is 24.2. The number of hydrogen-bond acceptors (Lipinski definition) is 7. The Bertz CT molecular complexity index is 1240. The summed E-state index contributed by atoms with van der Waals surface area (Å²) in [6, 6.07) is 14.8. The zero-order chi connectivity index (χ0) is 21.2. The lowest BCUT2D eigenvalue weighted by Crippen LogP contribution is -2.30. The number of aromatic nitrogens is 2.